The van der Waals surface area contributed by atoms with Crippen molar-refractivity contribution < 1.29 is 14.3 Å². The van der Waals surface area contributed by atoms with Crippen molar-refractivity contribution in [2.45, 2.75) is 0 Å². The summed E-state index contributed by atoms with van der Waals surface area (Å²) < 4.78 is 6.44. The zero-order valence-corrected chi connectivity index (χ0v) is 13.9. The summed E-state index contributed by atoms with van der Waals surface area (Å²) in [4.78, 5) is 23.9. The molecule has 2 amide bonds. The summed E-state index contributed by atoms with van der Waals surface area (Å²) in [5.41, 5.74) is 0.689. The summed E-state index contributed by atoms with van der Waals surface area (Å²) in [6.45, 7) is -0.221. The summed E-state index contributed by atoms with van der Waals surface area (Å²) in [6.07, 6.45) is 1.50. The van der Waals surface area contributed by atoms with Crippen LogP contribution in [0.1, 0.15) is 10.4 Å². The van der Waals surface area contributed by atoms with Gasteiger partial charge in [0.1, 0.15) is 5.56 Å². The van der Waals surface area contributed by atoms with Crippen LogP contribution >= 0.6 is 23.2 Å². The van der Waals surface area contributed by atoms with Crippen LogP contribution in [0.25, 0.3) is 0 Å². The summed E-state index contributed by atoms with van der Waals surface area (Å²) in [6, 6.07) is 4.66. The van der Waals surface area contributed by atoms with Gasteiger partial charge in [-0.15, -0.1) is 5.10 Å². The molecule has 0 aliphatic carbocycles. The van der Waals surface area contributed by atoms with Gasteiger partial charge in [-0.25, -0.2) is 0 Å². The minimum absolute atomic E-state index is 0.187. The van der Waals surface area contributed by atoms with Gasteiger partial charge in [0.25, 0.3) is 5.91 Å². The second kappa shape index (κ2) is 7.34. The summed E-state index contributed by atoms with van der Waals surface area (Å²) in [7, 11) is 3.07. The van der Waals surface area contributed by atoms with Crippen LogP contribution in [-0.4, -0.2) is 35.2 Å². The monoisotopic (exact) mass is 356 g/mol. The SMILES string of the molecule is COc1nn(C)cc1C(=O)NCC(=O)Nc1cc(Cl)cc(Cl)c1. The molecule has 23 heavy (non-hydrogen) atoms. The molecule has 0 aliphatic heterocycles. The lowest BCUT2D eigenvalue weighted by atomic mass is 10.3. The fraction of sp³-hybridized carbons (Fsp3) is 0.214. The van der Waals surface area contributed by atoms with Gasteiger partial charge >= 0.3 is 0 Å². The van der Waals surface area contributed by atoms with Crippen LogP contribution in [0, 0.1) is 0 Å². The minimum Gasteiger partial charge on any atom is -0.479 e. The number of ether oxygens (including phenoxy) is 1. The number of carbonyl (C=O) groups excluding carboxylic acids is 2. The number of rotatable bonds is 5. The summed E-state index contributed by atoms with van der Waals surface area (Å²) >= 11 is 11.7. The number of benzene rings is 1. The minimum atomic E-state index is -0.464. The van der Waals surface area contributed by atoms with Crippen molar-refractivity contribution in [2.24, 2.45) is 7.05 Å². The largest absolute Gasteiger partial charge is 0.479 e. The van der Waals surface area contributed by atoms with Crippen molar-refractivity contribution >= 4 is 40.7 Å². The van der Waals surface area contributed by atoms with E-state index in [-0.39, 0.29) is 18.0 Å². The van der Waals surface area contributed by atoms with E-state index in [2.05, 4.69) is 15.7 Å². The summed E-state index contributed by atoms with van der Waals surface area (Å²) in [5, 5.41) is 9.84. The lowest BCUT2D eigenvalue weighted by molar-refractivity contribution is -0.115. The number of anilines is 1. The maximum Gasteiger partial charge on any atom is 0.258 e. The van der Waals surface area contributed by atoms with Crippen molar-refractivity contribution in [3.05, 3.63) is 40.0 Å². The van der Waals surface area contributed by atoms with Crippen molar-refractivity contribution in [2.75, 3.05) is 19.0 Å². The number of aromatic nitrogens is 2. The molecule has 1 aromatic heterocycles. The number of halogens is 2. The average molecular weight is 357 g/mol. The molecule has 0 unspecified atom stereocenters. The number of methoxy groups -OCH3 is 1. The van der Waals surface area contributed by atoms with Crippen molar-refractivity contribution in [3.8, 4) is 5.88 Å². The Labute approximate surface area is 142 Å². The van der Waals surface area contributed by atoms with Crippen LogP contribution in [-0.2, 0) is 11.8 Å². The standard InChI is InChI=1S/C14H14Cl2N4O3/c1-20-7-11(14(19-20)23-2)13(22)17-6-12(21)18-10-4-8(15)3-9(16)5-10/h3-5,7H,6H2,1-2H3,(H,17,22)(H,18,21). The molecule has 7 nitrogen and oxygen atoms in total. The molecule has 2 N–H and O–H groups in total. The van der Waals surface area contributed by atoms with Crippen molar-refractivity contribution in [3.63, 3.8) is 0 Å². The number of nitrogens with one attached hydrogen (secondary N) is 2. The van der Waals surface area contributed by atoms with Gasteiger partial charge in [0, 0.05) is 29.0 Å². The first kappa shape index (κ1) is 17.1. The first-order valence-electron chi connectivity index (χ1n) is 6.51. The Hall–Kier alpha value is -2.25. The Morgan fingerprint density at radius 2 is 1.91 bits per heavy atom. The van der Waals surface area contributed by atoms with Crippen molar-refractivity contribution in [1.29, 1.82) is 0 Å². The van der Waals surface area contributed by atoms with E-state index in [1.165, 1.54) is 18.0 Å². The average Bonchev–Trinajstić information content (AvgIpc) is 2.85. The van der Waals surface area contributed by atoms with E-state index in [1.54, 1.807) is 25.2 Å². The maximum absolute atomic E-state index is 12.0. The second-order valence-corrected chi connectivity index (χ2v) is 5.49. The van der Waals surface area contributed by atoms with E-state index < -0.39 is 11.8 Å². The fourth-order valence-corrected chi connectivity index (χ4v) is 2.39. The number of hydrogen-bond donors (Lipinski definition) is 2. The zero-order valence-electron chi connectivity index (χ0n) is 12.4. The third kappa shape index (κ3) is 4.61. The number of aryl methyl sites for hydroxylation is 1. The van der Waals surface area contributed by atoms with Gasteiger partial charge < -0.3 is 15.4 Å². The highest BCUT2D eigenvalue weighted by Crippen LogP contribution is 2.22. The number of carbonyl (C=O) groups is 2. The molecule has 0 aliphatic rings. The molecule has 0 saturated carbocycles. The first-order chi connectivity index (χ1) is 10.9. The second-order valence-electron chi connectivity index (χ2n) is 4.61. The Morgan fingerprint density at radius 3 is 2.52 bits per heavy atom. The molecule has 0 bridgehead atoms. The third-order valence-corrected chi connectivity index (χ3v) is 3.23. The number of hydrogen-bond acceptors (Lipinski definition) is 4. The number of amides is 2. The van der Waals surface area contributed by atoms with E-state index in [4.69, 9.17) is 27.9 Å². The number of nitrogens with zero attached hydrogens (tertiary/aromatic N) is 2. The van der Waals surface area contributed by atoms with E-state index in [0.717, 1.165) is 0 Å². The molecule has 1 heterocycles. The lowest BCUT2D eigenvalue weighted by Crippen LogP contribution is -2.32. The van der Waals surface area contributed by atoms with E-state index in [0.29, 0.717) is 15.7 Å². The summed E-state index contributed by atoms with van der Waals surface area (Å²) in [5.74, 6) is -0.694. The van der Waals surface area contributed by atoms with Gasteiger partial charge in [-0.05, 0) is 18.2 Å². The van der Waals surface area contributed by atoms with Gasteiger partial charge in [0.15, 0.2) is 0 Å². The van der Waals surface area contributed by atoms with Gasteiger partial charge in [0.2, 0.25) is 11.8 Å². The van der Waals surface area contributed by atoms with Crippen LogP contribution in [0.4, 0.5) is 5.69 Å². The molecule has 0 fully saturated rings. The quantitative estimate of drug-likeness (QED) is 0.858. The van der Waals surface area contributed by atoms with Crippen LogP contribution in [0.5, 0.6) is 5.88 Å². The molecule has 0 radical (unpaired) electrons. The Bertz CT molecular complexity index is 725. The first-order valence-corrected chi connectivity index (χ1v) is 7.26. The van der Waals surface area contributed by atoms with Crippen LogP contribution in [0.15, 0.2) is 24.4 Å². The highest BCUT2D eigenvalue weighted by atomic mass is 35.5. The lowest BCUT2D eigenvalue weighted by Gasteiger charge is -2.07. The molecule has 9 heteroatoms. The maximum atomic E-state index is 12.0. The van der Waals surface area contributed by atoms with Crippen LogP contribution in [0.2, 0.25) is 10.0 Å². The fourth-order valence-electron chi connectivity index (χ4n) is 1.86. The topological polar surface area (TPSA) is 85.2 Å². The predicted octanol–water partition coefficient (Wildman–Crippen LogP) is 2.10. The van der Waals surface area contributed by atoms with Gasteiger partial charge in [-0.2, -0.15) is 0 Å². The highest BCUT2D eigenvalue weighted by molar-refractivity contribution is 6.35. The molecule has 0 atom stereocenters. The molecular formula is C14H14Cl2N4O3. The van der Waals surface area contributed by atoms with Gasteiger partial charge in [-0.1, -0.05) is 23.2 Å². The normalized spacial score (nSPS) is 10.3. The molecular weight excluding hydrogens is 343 g/mol. The molecule has 0 saturated heterocycles. The molecule has 2 rings (SSSR count). The Kier molecular flexibility index (Phi) is 5.46. The smallest absolute Gasteiger partial charge is 0.258 e. The molecule has 122 valence electrons. The Morgan fingerprint density at radius 1 is 1.26 bits per heavy atom. The zero-order chi connectivity index (χ0) is 17.0. The Balaban J connectivity index is 1.94. The molecule has 0 spiro atoms. The van der Waals surface area contributed by atoms with Crippen molar-refractivity contribution in [1.82, 2.24) is 15.1 Å². The third-order valence-electron chi connectivity index (χ3n) is 2.79. The highest BCUT2D eigenvalue weighted by Gasteiger charge is 2.17. The van der Waals surface area contributed by atoms with Gasteiger partial charge in [-0.3, -0.25) is 14.3 Å². The van der Waals surface area contributed by atoms with Crippen LogP contribution < -0.4 is 15.4 Å². The van der Waals surface area contributed by atoms with E-state index in [1.807, 2.05) is 0 Å². The van der Waals surface area contributed by atoms with Crippen LogP contribution in [0.3, 0.4) is 0 Å². The molecule has 2 aromatic rings. The molecule has 1 aromatic carbocycles. The predicted molar refractivity (Wildman–Crippen MR) is 87.2 cm³/mol. The van der Waals surface area contributed by atoms with Gasteiger partial charge in [0.05, 0.1) is 13.7 Å². The van der Waals surface area contributed by atoms with E-state index in [9.17, 15) is 9.59 Å². The van der Waals surface area contributed by atoms with E-state index >= 15 is 0 Å².